The molecule has 3 aliphatic carbocycles. The Morgan fingerprint density at radius 2 is 1.79 bits per heavy atom. The molecule has 6 N–H and O–H groups in total. The van der Waals surface area contributed by atoms with E-state index < -0.39 is 52.0 Å². The fourth-order valence-electron chi connectivity index (χ4n) is 5.04. The number of allylic oxidation sites excluding steroid dienone is 2. The van der Waals surface area contributed by atoms with Crippen molar-refractivity contribution in [2.45, 2.75) is 38.7 Å². The van der Waals surface area contributed by atoms with Crippen molar-refractivity contribution in [2.75, 3.05) is 0 Å². The number of aromatic hydroxyl groups is 1. The Labute approximate surface area is 166 Å². The highest BCUT2D eigenvalue weighted by molar-refractivity contribution is 6.24. The van der Waals surface area contributed by atoms with Crippen molar-refractivity contribution in [3.05, 3.63) is 51.0 Å². The molecular weight excluding hydrogens is 378 g/mol. The highest BCUT2D eigenvalue weighted by atomic mass is 16.3. The van der Waals surface area contributed by atoms with Crippen molar-refractivity contribution < 1.29 is 34.8 Å². The van der Waals surface area contributed by atoms with E-state index in [0.717, 1.165) is 5.56 Å². The molecule has 0 unspecified atom stereocenters. The standard InChI is InChI=1S/C21H21NO7/c1-7-3-8(2)16(24)14-11(7)5-9-4-10-6-12(23)15(20(22)28)19(27)21(10,29)18(26)13(9)17(14)25/h3,9-10,23-24,26,29H,4-6H2,1-2H3,(H2,22,28)/t9-,10+,21+/m1/s1. The van der Waals surface area contributed by atoms with Crippen molar-refractivity contribution in [3.8, 4) is 5.75 Å². The first kappa shape index (κ1) is 19.2. The summed E-state index contributed by atoms with van der Waals surface area (Å²) in [6.45, 7) is 3.47. The maximum Gasteiger partial charge on any atom is 0.255 e. The van der Waals surface area contributed by atoms with Crippen LogP contribution in [0.1, 0.15) is 39.9 Å². The van der Waals surface area contributed by atoms with Gasteiger partial charge < -0.3 is 26.2 Å². The van der Waals surface area contributed by atoms with Gasteiger partial charge in [0.2, 0.25) is 5.78 Å². The fraction of sp³-hybridized carbons (Fsp3) is 0.381. The van der Waals surface area contributed by atoms with E-state index in [1.54, 1.807) is 13.0 Å². The van der Waals surface area contributed by atoms with E-state index in [9.17, 15) is 34.8 Å². The number of phenolic OH excluding ortho intramolecular Hbond substituents is 1. The van der Waals surface area contributed by atoms with Gasteiger partial charge in [-0.25, -0.2) is 0 Å². The van der Waals surface area contributed by atoms with Crippen molar-refractivity contribution in [3.63, 3.8) is 0 Å². The van der Waals surface area contributed by atoms with Gasteiger partial charge in [0.05, 0.1) is 5.56 Å². The van der Waals surface area contributed by atoms with Gasteiger partial charge in [0, 0.05) is 17.9 Å². The van der Waals surface area contributed by atoms with Crippen LogP contribution in [0.15, 0.2) is 28.7 Å². The van der Waals surface area contributed by atoms with E-state index in [1.807, 2.05) is 6.92 Å². The first-order chi connectivity index (χ1) is 13.5. The van der Waals surface area contributed by atoms with Gasteiger partial charge in [-0.3, -0.25) is 14.4 Å². The minimum Gasteiger partial charge on any atom is -0.511 e. The Hall–Kier alpha value is -3.13. The number of Topliss-reactive ketones (excluding diaryl/α,β-unsaturated/α-hetero) is 2. The first-order valence-corrected chi connectivity index (χ1v) is 9.29. The van der Waals surface area contributed by atoms with Crippen molar-refractivity contribution >= 4 is 17.5 Å². The van der Waals surface area contributed by atoms with E-state index in [1.165, 1.54) is 0 Å². The van der Waals surface area contributed by atoms with E-state index in [2.05, 4.69) is 0 Å². The topological polar surface area (TPSA) is 158 Å². The van der Waals surface area contributed by atoms with Gasteiger partial charge in [0.1, 0.15) is 22.8 Å². The Balaban J connectivity index is 1.94. The molecule has 0 fully saturated rings. The van der Waals surface area contributed by atoms with Crippen LogP contribution in [0.2, 0.25) is 0 Å². The number of nitrogens with two attached hydrogens (primary N) is 1. The summed E-state index contributed by atoms with van der Waals surface area (Å²) < 4.78 is 0. The van der Waals surface area contributed by atoms with Crippen molar-refractivity contribution in [1.82, 2.24) is 0 Å². The predicted octanol–water partition coefficient (Wildman–Crippen LogP) is 1.20. The maximum atomic E-state index is 13.2. The molecule has 152 valence electrons. The summed E-state index contributed by atoms with van der Waals surface area (Å²) in [6.07, 6.45) is 0.235. The molecule has 3 aliphatic rings. The summed E-state index contributed by atoms with van der Waals surface area (Å²) in [5.41, 5.74) is 3.76. The number of aliphatic hydroxyl groups excluding tert-OH is 2. The Kier molecular flexibility index (Phi) is 3.93. The van der Waals surface area contributed by atoms with E-state index >= 15 is 0 Å². The lowest BCUT2D eigenvalue weighted by Crippen LogP contribution is -2.57. The zero-order valence-corrected chi connectivity index (χ0v) is 15.9. The van der Waals surface area contributed by atoms with Gasteiger partial charge in [0.25, 0.3) is 5.91 Å². The Morgan fingerprint density at radius 3 is 2.41 bits per heavy atom. The van der Waals surface area contributed by atoms with E-state index in [0.29, 0.717) is 17.5 Å². The van der Waals surface area contributed by atoms with Crippen LogP contribution in [0.25, 0.3) is 0 Å². The summed E-state index contributed by atoms with van der Waals surface area (Å²) in [4.78, 5) is 37.7. The quantitative estimate of drug-likeness (QED) is 0.444. The number of aryl methyl sites for hydroxylation is 2. The zero-order valence-electron chi connectivity index (χ0n) is 15.9. The zero-order chi connectivity index (χ0) is 21.4. The first-order valence-electron chi connectivity index (χ1n) is 9.29. The molecule has 0 radical (unpaired) electrons. The third-order valence-corrected chi connectivity index (χ3v) is 6.48. The number of hydrogen-bond donors (Lipinski definition) is 5. The number of ketones is 2. The van der Waals surface area contributed by atoms with Crippen LogP contribution in [0.4, 0.5) is 0 Å². The molecule has 0 spiro atoms. The second-order valence-electron chi connectivity index (χ2n) is 8.12. The average molecular weight is 399 g/mol. The molecular formula is C21H21NO7. The van der Waals surface area contributed by atoms with Gasteiger partial charge in [-0.05, 0) is 49.3 Å². The minimum atomic E-state index is -2.52. The molecule has 0 saturated heterocycles. The van der Waals surface area contributed by atoms with Crippen LogP contribution in [-0.4, -0.2) is 43.5 Å². The van der Waals surface area contributed by atoms with Crippen LogP contribution in [0.3, 0.4) is 0 Å². The van der Waals surface area contributed by atoms with Crippen molar-refractivity contribution in [1.29, 1.82) is 0 Å². The number of rotatable bonds is 1. The molecule has 29 heavy (non-hydrogen) atoms. The minimum absolute atomic E-state index is 0.0547. The van der Waals surface area contributed by atoms with Crippen LogP contribution in [-0.2, 0) is 16.0 Å². The number of carbonyl (C=O) groups excluding carboxylic acids is 3. The lowest BCUT2D eigenvalue weighted by atomic mass is 9.60. The summed E-state index contributed by atoms with van der Waals surface area (Å²) in [7, 11) is 0. The summed E-state index contributed by atoms with van der Waals surface area (Å²) in [5, 5.41) is 42.6. The molecule has 0 aliphatic heterocycles. The molecule has 0 aromatic heterocycles. The Morgan fingerprint density at radius 1 is 1.14 bits per heavy atom. The monoisotopic (exact) mass is 399 g/mol. The van der Waals surface area contributed by atoms with Crippen LogP contribution < -0.4 is 5.73 Å². The average Bonchev–Trinajstić information content (AvgIpc) is 2.62. The number of primary amides is 1. The smallest absolute Gasteiger partial charge is 0.255 e. The normalized spacial score (nSPS) is 28.8. The summed E-state index contributed by atoms with van der Waals surface area (Å²) in [6, 6.07) is 1.77. The van der Waals surface area contributed by atoms with Crippen LogP contribution in [0.5, 0.6) is 5.75 Å². The number of aliphatic hydroxyl groups is 3. The highest BCUT2D eigenvalue weighted by Gasteiger charge is 2.59. The number of amides is 1. The molecule has 1 amide bonds. The van der Waals surface area contributed by atoms with Gasteiger partial charge in [0.15, 0.2) is 11.4 Å². The third-order valence-electron chi connectivity index (χ3n) is 6.48. The molecule has 4 rings (SSSR count). The number of benzene rings is 1. The van der Waals surface area contributed by atoms with Gasteiger partial charge in [-0.15, -0.1) is 0 Å². The molecule has 8 nitrogen and oxygen atoms in total. The van der Waals surface area contributed by atoms with Crippen LogP contribution in [0, 0.1) is 25.7 Å². The molecule has 1 aromatic carbocycles. The largest absolute Gasteiger partial charge is 0.511 e. The summed E-state index contributed by atoms with van der Waals surface area (Å²) in [5.74, 6) is -6.07. The molecule has 0 bridgehead atoms. The van der Waals surface area contributed by atoms with Crippen molar-refractivity contribution in [2.24, 2.45) is 17.6 Å². The summed E-state index contributed by atoms with van der Waals surface area (Å²) >= 11 is 0. The number of hydrogen-bond acceptors (Lipinski definition) is 7. The SMILES string of the molecule is Cc1cc(C)c2c(c1O)C(=O)C1=C(O)[C@]3(O)C(=O)C(C(N)=O)=C(O)C[C@@H]3C[C@@H]1C2. The predicted molar refractivity (Wildman–Crippen MR) is 100 cm³/mol. The molecule has 0 heterocycles. The second kappa shape index (κ2) is 5.93. The van der Waals surface area contributed by atoms with Gasteiger partial charge in [-0.2, -0.15) is 0 Å². The molecule has 3 atom stereocenters. The number of fused-ring (bicyclic) bond motifs is 3. The fourth-order valence-corrected chi connectivity index (χ4v) is 5.04. The van der Waals surface area contributed by atoms with Crippen LogP contribution >= 0.6 is 0 Å². The Bertz CT molecular complexity index is 1080. The van der Waals surface area contributed by atoms with Gasteiger partial charge in [-0.1, -0.05) is 6.07 Å². The molecule has 8 heteroatoms. The third kappa shape index (κ3) is 2.32. The maximum absolute atomic E-state index is 13.2. The van der Waals surface area contributed by atoms with E-state index in [-0.39, 0.29) is 29.7 Å². The number of phenols is 1. The lowest BCUT2D eigenvalue weighted by Gasteiger charge is -2.45. The lowest BCUT2D eigenvalue weighted by molar-refractivity contribution is -0.144. The molecule has 1 aromatic rings. The number of carbonyl (C=O) groups is 3. The van der Waals surface area contributed by atoms with E-state index in [4.69, 9.17) is 5.73 Å². The second-order valence-corrected chi connectivity index (χ2v) is 8.12. The highest BCUT2D eigenvalue weighted by Crippen LogP contribution is 2.51. The van der Waals surface area contributed by atoms with Gasteiger partial charge >= 0.3 is 0 Å². The molecule has 0 saturated carbocycles.